The molecule has 3 N–H and O–H groups in total. The summed E-state index contributed by atoms with van der Waals surface area (Å²) in [6.07, 6.45) is -2.53. The highest BCUT2D eigenvalue weighted by molar-refractivity contribution is 5.69. The predicted molar refractivity (Wildman–Crippen MR) is 74.2 cm³/mol. The maximum Gasteiger partial charge on any atom is 0.305 e. The quantitative estimate of drug-likeness (QED) is 0.628. The minimum atomic E-state index is -1.35. The van der Waals surface area contributed by atoms with Crippen LogP contribution in [0, 0.1) is 0 Å². The van der Waals surface area contributed by atoms with Gasteiger partial charge >= 0.3 is 5.97 Å². The van der Waals surface area contributed by atoms with Crippen LogP contribution < -0.4 is 5.56 Å². The Balaban J connectivity index is 2.06. The van der Waals surface area contributed by atoms with Crippen LogP contribution in [0.25, 0.3) is 0 Å². The van der Waals surface area contributed by atoms with E-state index in [1.54, 1.807) is 0 Å². The van der Waals surface area contributed by atoms with E-state index in [0.717, 1.165) is 10.6 Å². The highest BCUT2D eigenvalue weighted by Crippen LogP contribution is 2.28. The first-order valence-electron chi connectivity index (χ1n) is 7.02. The normalized spacial score (nSPS) is 27.8. The Hall–Kier alpha value is -1.90. The fourth-order valence-electron chi connectivity index (χ4n) is 2.24. The molecule has 0 amide bonds. The molecule has 1 aromatic heterocycles. The van der Waals surface area contributed by atoms with Crippen LogP contribution in [0.15, 0.2) is 23.1 Å². The molecule has 2 heterocycles. The molecule has 4 atom stereocenters. The van der Waals surface area contributed by atoms with Crippen molar-refractivity contribution in [2.75, 3.05) is 6.61 Å². The molecule has 1 aliphatic rings. The van der Waals surface area contributed by atoms with Crippen LogP contribution >= 0.6 is 0 Å². The molecule has 0 bridgehead atoms. The molecule has 1 aromatic rings. The van der Waals surface area contributed by atoms with Crippen molar-refractivity contribution in [1.29, 1.82) is 0 Å². The molecule has 0 aliphatic carbocycles. The maximum absolute atomic E-state index is 11.8. The van der Waals surface area contributed by atoms with Gasteiger partial charge in [0.05, 0.1) is 0 Å². The second-order valence-electron chi connectivity index (χ2n) is 5.11. The van der Waals surface area contributed by atoms with Crippen LogP contribution in [0.4, 0.5) is 0 Å². The van der Waals surface area contributed by atoms with Gasteiger partial charge in [0, 0.05) is 18.7 Å². The van der Waals surface area contributed by atoms with Crippen molar-refractivity contribution >= 4 is 5.97 Å². The standard InChI is InChI=1S/C14H19NO7/c1-2-3-11(18)21-7-9-12(19)13(20)14(22-9)15-5-4-8(16)6-10(15)17/h4-6,9,12-14,16,19-20H,2-3,7H2,1H3/t9-,12-,13-,14+/m0/s1. The minimum Gasteiger partial charge on any atom is -0.508 e. The van der Waals surface area contributed by atoms with Gasteiger partial charge in [-0.15, -0.1) is 0 Å². The van der Waals surface area contributed by atoms with Crippen LogP contribution in [0.5, 0.6) is 5.75 Å². The van der Waals surface area contributed by atoms with Gasteiger partial charge in [0.1, 0.15) is 30.7 Å². The fourth-order valence-corrected chi connectivity index (χ4v) is 2.24. The molecule has 0 aromatic carbocycles. The van der Waals surface area contributed by atoms with Gasteiger partial charge in [0.25, 0.3) is 5.56 Å². The monoisotopic (exact) mass is 313 g/mol. The summed E-state index contributed by atoms with van der Waals surface area (Å²) < 4.78 is 11.4. The fraction of sp³-hybridized carbons (Fsp3) is 0.571. The lowest BCUT2D eigenvalue weighted by molar-refractivity contribution is -0.150. The van der Waals surface area contributed by atoms with Crippen molar-refractivity contribution in [2.24, 2.45) is 0 Å². The van der Waals surface area contributed by atoms with Gasteiger partial charge in [-0.3, -0.25) is 14.2 Å². The first kappa shape index (κ1) is 16.5. The zero-order valence-electron chi connectivity index (χ0n) is 12.1. The van der Waals surface area contributed by atoms with Crippen LogP contribution in [-0.4, -0.2) is 50.8 Å². The van der Waals surface area contributed by atoms with E-state index in [1.165, 1.54) is 12.3 Å². The van der Waals surface area contributed by atoms with Gasteiger partial charge in [0.2, 0.25) is 0 Å². The third-order valence-electron chi connectivity index (χ3n) is 3.41. The van der Waals surface area contributed by atoms with E-state index in [4.69, 9.17) is 9.47 Å². The number of ether oxygens (including phenoxy) is 2. The Morgan fingerprint density at radius 3 is 2.77 bits per heavy atom. The van der Waals surface area contributed by atoms with E-state index in [0.29, 0.717) is 6.42 Å². The summed E-state index contributed by atoms with van der Waals surface area (Å²) in [7, 11) is 0. The number of aliphatic hydroxyl groups excluding tert-OH is 2. The van der Waals surface area contributed by atoms with E-state index in [-0.39, 0.29) is 18.8 Å². The number of hydrogen-bond donors (Lipinski definition) is 3. The number of aromatic nitrogens is 1. The van der Waals surface area contributed by atoms with E-state index in [2.05, 4.69) is 0 Å². The average Bonchev–Trinajstić information content (AvgIpc) is 2.74. The summed E-state index contributed by atoms with van der Waals surface area (Å²) in [6.45, 7) is 1.62. The molecule has 0 unspecified atom stereocenters. The lowest BCUT2D eigenvalue weighted by Gasteiger charge is -2.17. The molecule has 0 saturated carbocycles. The zero-order valence-corrected chi connectivity index (χ0v) is 12.1. The number of carbonyl (C=O) groups excluding carboxylic acids is 1. The van der Waals surface area contributed by atoms with Crippen molar-refractivity contribution in [2.45, 2.75) is 44.3 Å². The maximum atomic E-state index is 11.8. The lowest BCUT2D eigenvalue weighted by Crippen LogP contribution is -2.35. The molecular weight excluding hydrogens is 294 g/mol. The van der Waals surface area contributed by atoms with Crippen molar-refractivity contribution < 1.29 is 29.6 Å². The van der Waals surface area contributed by atoms with Crippen molar-refractivity contribution in [3.63, 3.8) is 0 Å². The van der Waals surface area contributed by atoms with Crippen LogP contribution in [0.3, 0.4) is 0 Å². The van der Waals surface area contributed by atoms with Crippen molar-refractivity contribution in [1.82, 2.24) is 4.57 Å². The molecule has 0 radical (unpaired) electrons. The van der Waals surface area contributed by atoms with Crippen LogP contribution in [-0.2, 0) is 14.3 Å². The van der Waals surface area contributed by atoms with Gasteiger partial charge in [0.15, 0.2) is 6.23 Å². The summed E-state index contributed by atoms with van der Waals surface area (Å²) >= 11 is 0. The predicted octanol–water partition coefficient (Wildman–Crippen LogP) is -0.484. The van der Waals surface area contributed by atoms with Crippen LogP contribution in [0.2, 0.25) is 0 Å². The zero-order chi connectivity index (χ0) is 16.3. The number of hydrogen-bond acceptors (Lipinski definition) is 7. The second kappa shape index (κ2) is 6.91. The van der Waals surface area contributed by atoms with Crippen molar-refractivity contribution in [3.8, 4) is 5.75 Å². The van der Waals surface area contributed by atoms with Gasteiger partial charge in [-0.05, 0) is 12.5 Å². The summed E-state index contributed by atoms with van der Waals surface area (Å²) in [5.74, 6) is -0.627. The molecule has 0 spiro atoms. The first-order valence-corrected chi connectivity index (χ1v) is 7.02. The van der Waals surface area contributed by atoms with E-state index in [9.17, 15) is 24.9 Å². The van der Waals surface area contributed by atoms with E-state index in [1.807, 2.05) is 6.92 Å². The molecule has 22 heavy (non-hydrogen) atoms. The number of nitrogens with zero attached hydrogens (tertiary/aromatic N) is 1. The highest BCUT2D eigenvalue weighted by atomic mass is 16.6. The van der Waals surface area contributed by atoms with Gasteiger partial charge < -0.3 is 24.8 Å². The van der Waals surface area contributed by atoms with Crippen LogP contribution in [0.1, 0.15) is 26.0 Å². The third kappa shape index (κ3) is 3.46. The summed E-state index contributed by atoms with van der Waals surface area (Å²) in [6, 6.07) is 2.23. The molecule has 1 aliphatic heterocycles. The van der Waals surface area contributed by atoms with Gasteiger partial charge in [-0.2, -0.15) is 0 Å². The number of aliphatic hydroxyl groups is 2. The Bertz CT molecular complexity index is 585. The molecule has 8 nitrogen and oxygen atoms in total. The van der Waals surface area contributed by atoms with Gasteiger partial charge in [-0.1, -0.05) is 6.92 Å². The Morgan fingerprint density at radius 1 is 1.41 bits per heavy atom. The van der Waals surface area contributed by atoms with E-state index >= 15 is 0 Å². The summed E-state index contributed by atoms with van der Waals surface area (Å²) in [4.78, 5) is 23.1. The summed E-state index contributed by atoms with van der Waals surface area (Å²) in [5, 5.41) is 29.2. The largest absolute Gasteiger partial charge is 0.508 e. The highest BCUT2D eigenvalue weighted by Gasteiger charge is 2.44. The average molecular weight is 313 g/mol. The Kier molecular flexibility index (Phi) is 5.17. The molecule has 8 heteroatoms. The van der Waals surface area contributed by atoms with Gasteiger partial charge in [-0.25, -0.2) is 0 Å². The molecule has 1 fully saturated rings. The first-order chi connectivity index (χ1) is 10.4. The molecule has 122 valence electrons. The minimum absolute atomic E-state index is 0.208. The number of aromatic hydroxyl groups is 1. The molecular formula is C14H19NO7. The molecule has 2 rings (SSSR count). The van der Waals surface area contributed by atoms with Crippen molar-refractivity contribution in [3.05, 3.63) is 28.7 Å². The Labute approximate surface area is 126 Å². The third-order valence-corrected chi connectivity index (χ3v) is 3.41. The summed E-state index contributed by atoms with van der Waals surface area (Å²) in [5.41, 5.74) is -0.583. The van der Waals surface area contributed by atoms with E-state index < -0.39 is 36.1 Å². The lowest BCUT2D eigenvalue weighted by atomic mass is 10.1. The number of esters is 1. The second-order valence-corrected chi connectivity index (χ2v) is 5.11. The SMILES string of the molecule is CCCC(=O)OC[C@@H]1O[C@@H](n2ccc(O)cc2=O)[C@@H](O)[C@H]1O. The number of carbonyl (C=O) groups is 1. The topological polar surface area (TPSA) is 118 Å². The number of pyridine rings is 1. The number of rotatable bonds is 5. The molecule has 1 saturated heterocycles. The smallest absolute Gasteiger partial charge is 0.305 e. The Morgan fingerprint density at radius 2 is 2.14 bits per heavy atom.